The summed E-state index contributed by atoms with van der Waals surface area (Å²) in [6.07, 6.45) is 7.59. The summed E-state index contributed by atoms with van der Waals surface area (Å²) >= 11 is 0. The molecule has 0 unspecified atom stereocenters. The Morgan fingerprint density at radius 2 is 1.26 bits per heavy atom. The second-order valence-electron chi connectivity index (χ2n) is 8.42. The molecule has 2 aromatic carbocycles. The van der Waals surface area contributed by atoms with E-state index < -0.39 is 0 Å². The van der Waals surface area contributed by atoms with Crippen molar-refractivity contribution in [3.05, 3.63) is 102 Å². The molecule has 0 aliphatic heterocycles. The number of para-hydroxylation sites is 2. The van der Waals surface area contributed by atoms with E-state index in [4.69, 9.17) is 10.2 Å². The molecule has 0 amide bonds. The molecule has 0 spiro atoms. The maximum Gasteiger partial charge on any atom is 0.0972 e. The molecule has 172 valence electrons. The molecule has 0 N–H and O–H groups in total. The van der Waals surface area contributed by atoms with Crippen molar-refractivity contribution in [1.29, 1.82) is 0 Å². The molecule has 0 bridgehead atoms. The highest BCUT2D eigenvalue weighted by molar-refractivity contribution is 5.29. The van der Waals surface area contributed by atoms with Crippen LogP contribution in [0.3, 0.4) is 0 Å². The van der Waals surface area contributed by atoms with Gasteiger partial charge in [-0.3, -0.25) is 9.58 Å². The Labute approximate surface area is 198 Å². The zero-order valence-corrected chi connectivity index (χ0v) is 19.3. The standard InChI is InChI=1S/C25H27N9/c1-20-13-26-32(16-20)17-21(2)31(18-22-14-27-33(29-22)24-9-5-3-6-10-24)19-23-15-28-34(30-23)25-11-7-4-8-12-25/h3-16,21H,17-19H2,1-2H3/t21-/m1/s1. The van der Waals surface area contributed by atoms with E-state index in [9.17, 15) is 0 Å². The zero-order chi connectivity index (χ0) is 23.3. The van der Waals surface area contributed by atoms with Crippen molar-refractivity contribution in [1.82, 2.24) is 44.7 Å². The molecule has 9 nitrogen and oxygen atoms in total. The number of hydrogen-bond acceptors (Lipinski definition) is 6. The van der Waals surface area contributed by atoms with Crippen LogP contribution in [0, 0.1) is 6.92 Å². The van der Waals surface area contributed by atoms with Crippen LogP contribution in [0.25, 0.3) is 11.4 Å². The Morgan fingerprint density at radius 3 is 1.74 bits per heavy atom. The van der Waals surface area contributed by atoms with Crippen LogP contribution in [-0.2, 0) is 19.6 Å². The number of rotatable bonds is 9. The van der Waals surface area contributed by atoms with E-state index in [0.29, 0.717) is 13.1 Å². The van der Waals surface area contributed by atoms with Crippen LogP contribution in [0.2, 0.25) is 0 Å². The molecule has 1 atom stereocenters. The summed E-state index contributed by atoms with van der Waals surface area (Å²) in [6, 6.07) is 20.0. The SMILES string of the molecule is Cc1cnn(C[C@@H](C)N(Cc2cnn(-c3ccccc3)n2)Cc2cnn(-c3ccccc3)n2)c1. The fourth-order valence-corrected chi connectivity index (χ4v) is 3.84. The molecule has 9 heteroatoms. The second-order valence-corrected chi connectivity index (χ2v) is 8.42. The van der Waals surface area contributed by atoms with Gasteiger partial charge < -0.3 is 0 Å². The van der Waals surface area contributed by atoms with Gasteiger partial charge >= 0.3 is 0 Å². The summed E-state index contributed by atoms with van der Waals surface area (Å²) < 4.78 is 1.98. The lowest BCUT2D eigenvalue weighted by Gasteiger charge is -2.27. The Morgan fingerprint density at radius 1 is 0.735 bits per heavy atom. The quantitative estimate of drug-likeness (QED) is 0.340. The Kier molecular flexibility index (Phi) is 6.26. The molecule has 34 heavy (non-hydrogen) atoms. The van der Waals surface area contributed by atoms with Gasteiger partial charge in [0.05, 0.1) is 47.9 Å². The third-order valence-electron chi connectivity index (χ3n) is 5.62. The second kappa shape index (κ2) is 9.80. The molecule has 5 aromatic rings. The number of aromatic nitrogens is 8. The highest BCUT2D eigenvalue weighted by Gasteiger charge is 2.19. The van der Waals surface area contributed by atoms with Gasteiger partial charge in [0.2, 0.25) is 0 Å². The molecule has 3 aromatic heterocycles. The maximum absolute atomic E-state index is 4.71. The van der Waals surface area contributed by atoms with Crippen LogP contribution in [0.15, 0.2) is 85.5 Å². The average molecular weight is 454 g/mol. The molecular formula is C25H27N9. The molecule has 0 saturated carbocycles. The predicted molar refractivity (Wildman–Crippen MR) is 128 cm³/mol. The molecule has 0 radical (unpaired) electrons. The lowest BCUT2D eigenvalue weighted by Crippen LogP contribution is -2.35. The minimum Gasteiger partial charge on any atom is -0.287 e. The van der Waals surface area contributed by atoms with Gasteiger partial charge in [-0.1, -0.05) is 36.4 Å². The Hall–Kier alpha value is -4.11. The van der Waals surface area contributed by atoms with Crippen molar-refractivity contribution in [2.24, 2.45) is 0 Å². The average Bonchev–Trinajstić information content (AvgIpc) is 3.62. The van der Waals surface area contributed by atoms with Gasteiger partial charge in [-0.25, -0.2) is 0 Å². The van der Waals surface area contributed by atoms with E-state index in [2.05, 4.69) is 40.2 Å². The smallest absolute Gasteiger partial charge is 0.0972 e. The highest BCUT2D eigenvalue weighted by Crippen LogP contribution is 2.14. The zero-order valence-electron chi connectivity index (χ0n) is 19.3. The minimum absolute atomic E-state index is 0.183. The lowest BCUT2D eigenvalue weighted by atomic mass is 10.2. The molecule has 5 rings (SSSR count). The van der Waals surface area contributed by atoms with Gasteiger partial charge in [0.1, 0.15) is 0 Å². The monoisotopic (exact) mass is 453 g/mol. The van der Waals surface area contributed by atoms with Crippen molar-refractivity contribution in [2.45, 2.75) is 39.5 Å². The highest BCUT2D eigenvalue weighted by atomic mass is 15.5. The van der Waals surface area contributed by atoms with Gasteiger partial charge in [-0.15, -0.1) is 0 Å². The third kappa shape index (κ3) is 5.10. The van der Waals surface area contributed by atoms with Crippen LogP contribution in [-0.4, -0.2) is 50.7 Å². The minimum atomic E-state index is 0.183. The van der Waals surface area contributed by atoms with Crippen LogP contribution in [0.4, 0.5) is 0 Å². The first-order valence-corrected chi connectivity index (χ1v) is 11.3. The number of benzene rings is 2. The first-order chi connectivity index (χ1) is 16.6. The van der Waals surface area contributed by atoms with Gasteiger partial charge in [0, 0.05) is 25.3 Å². The normalized spacial score (nSPS) is 12.3. The number of nitrogens with zero attached hydrogens (tertiary/aromatic N) is 9. The van der Waals surface area contributed by atoms with E-state index >= 15 is 0 Å². The van der Waals surface area contributed by atoms with Gasteiger partial charge in [-0.2, -0.15) is 35.1 Å². The van der Waals surface area contributed by atoms with E-state index in [1.165, 1.54) is 0 Å². The first kappa shape index (κ1) is 21.7. The largest absolute Gasteiger partial charge is 0.287 e. The van der Waals surface area contributed by atoms with Crippen LogP contribution in [0.1, 0.15) is 23.9 Å². The van der Waals surface area contributed by atoms with Gasteiger partial charge in [0.15, 0.2) is 0 Å². The van der Waals surface area contributed by atoms with E-state index in [1.807, 2.05) is 83.9 Å². The molecule has 0 fully saturated rings. The Bertz CT molecular complexity index is 1240. The molecule has 0 aliphatic rings. The maximum atomic E-state index is 4.71. The number of hydrogen-bond donors (Lipinski definition) is 0. The predicted octanol–water partition coefficient (Wildman–Crippen LogP) is 3.44. The van der Waals surface area contributed by atoms with Crippen molar-refractivity contribution < 1.29 is 0 Å². The molecular weight excluding hydrogens is 426 g/mol. The molecule has 3 heterocycles. The first-order valence-electron chi connectivity index (χ1n) is 11.3. The fourth-order valence-electron chi connectivity index (χ4n) is 3.84. The summed E-state index contributed by atoms with van der Waals surface area (Å²) in [5, 5.41) is 22.8. The Balaban J connectivity index is 1.36. The summed E-state index contributed by atoms with van der Waals surface area (Å²) in [6.45, 7) is 6.27. The molecule has 0 aliphatic carbocycles. The fraction of sp³-hybridized carbons (Fsp3) is 0.240. The van der Waals surface area contributed by atoms with E-state index in [-0.39, 0.29) is 6.04 Å². The van der Waals surface area contributed by atoms with E-state index in [0.717, 1.165) is 34.9 Å². The summed E-state index contributed by atoms with van der Waals surface area (Å²) in [4.78, 5) is 5.66. The summed E-state index contributed by atoms with van der Waals surface area (Å²) in [5.41, 5.74) is 4.80. The van der Waals surface area contributed by atoms with Crippen LogP contribution in [0.5, 0.6) is 0 Å². The third-order valence-corrected chi connectivity index (χ3v) is 5.62. The summed E-state index contributed by atoms with van der Waals surface area (Å²) in [7, 11) is 0. The van der Waals surface area contributed by atoms with Crippen molar-refractivity contribution in [3.8, 4) is 11.4 Å². The molecule has 0 saturated heterocycles. The lowest BCUT2D eigenvalue weighted by molar-refractivity contribution is 0.165. The summed E-state index contributed by atoms with van der Waals surface area (Å²) in [5.74, 6) is 0. The van der Waals surface area contributed by atoms with Crippen molar-refractivity contribution >= 4 is 0 Å². The van der Waals surface area contributed by atoms with Gasteiger partial charge in [0.25, 0.3) is 0 Å². The van der Waals surface area contributed by atoms with Crippen molar-refractivity contribution in [2.75, 3.05) is 0 Å². The number of aryl methyl sites for hydroxylation is 1. The topological polar surface area (TPSA) is 82.5 Å². The van der Waals surface area contributed by atoms with E-state index in [1.54, 1.807) is 9.59 Å². The van der Waals surface area contributed by atoms with Crippen molar-refractivity contribution in [3.63, 3.8) is 0 Å². The van der Waals surface area contributed by atoms with Crippen LogP contribution < -0.4 is 0 Å². The van der Waals surface area contributed by atoms with Gasteiger partial charge in [-0.05, 0) is 43.7 Å². The van der Waals surface area contributed by atoms with Crippen LogP contribution >= 0.6 is 0 Å².